The topological polar surface area (TPSA) is 122 Å². The molecule has 2 amide bonds. The number of hydrogen-bond acceptors (Lipinski definition) is 7. The molecule has 1 N–H and O–H groups in total. The van der Waals surface area contributed by atoms with E-state index < -0.39 is 22.0 Å². The second-order valence-corrected chi connectivity index (χ2v) is 16.7. The molecule has 1 saturated heterocycles. The number of carbonyl (C=O) groups excluding carboxylic acids is 2. The molecule has 256 valence electrons. The van der Waals surface area contributed by atoms with Gasteiger partial charge in [-0.05, 0) is 86.1 Å². The number of fused-ring (bicyclic) bond motifs is 4. The highest BCUT2D eigenvalue weighted by atomic mass is 32.2. The SMILES string of the molecule is Cc1cccc(C)c1-c1cc2nc(n1)NS(=O)(=O)c1cccc(c1)C(=O)N(CC(=O)N1CCC3(CCCC3)CC1)[C@H](CC(C)(C)C)CO2. The van der Waals surface area contributed by atoms with Gasteiger partial charge in [0, 0.05) is 30.3 Å². The molecule has 0 radical (unpaired) electrons. The van der Waals surface area contributed by atoms with Crippen LogP contribution in [0.1, 0.15) is 87.2 Å². The fourth-order valence-corrected chi connectivity index (χ4v) is 8.64. The van der Waals surface area contributed by atoms with Crippen molar-refractivity contribution in [3.63, 3.8) is 0 Å². The minimum absolute atomic E-state index is 0.0501. The first-order valence-electron chi connectivity index (χ1n) is 17.0. The summed E-state index contributed by atoms with van der Waals surface area (Å²) in [5.41, 5.74) is 3.61. The van der Waals surface area contributed by atoms with E-state index in [1.165, 1.54) is 37.8 Å². The van der Waals surface area contributed by atoms with Crippen LogP contribution in [0.5, 0.6) is 5.88 Å². The number of nitrogens with zero attached hydrogens (tertiary/aromatic N) is 4. The molecule has 0 unspecified atom stereocenters. The van der Waals surface area contributed by atoms with E-state index in [9.17, 15) is 18.0 Å². The average molecular weight is 674 g/mol. The van der Waals surface area contributed by atoms with Crippen molar-refractivity contribution in [3.05, 3.63) is 65.2 Å². The molecule has 1 saturated carbocycles. The molecule has 3 aromatic rings. The molecule has 1 aliphatic carbocycles. The number of piperidine rings is 1. The van der Waals surface area contributed by atoms with Crippen molar-refractivity contribution >= 4 is 27.8 Å². The molecule has 3 aliphatic rings. The van der Waals surface area contributed by atoms with Gasteiger partial charge in [-0.15, -0.1) is 0 Å². The van der Waals surface area contributed by atoms with Crippen molar-refractivity contribution < 1.29 is 22.7 Å². The standard InChI is InChI=1S/C37H47N5O5S/c1-25-10-8-11-26(2)33(25)30-21-31-39-35(38-30)40-48(45,46)29-13-9-12-27(20-29)34(44)42(28(24-47-31)22-36(3,4)5)23-32(43)41-18-16-37(17-19-41)14-6-7-15-37/h8-13,20-21,28H,6-7,14-19,22-24H2,1-5H3,(H,38,39,40)/t28-/m1/s1. The maximum Gasteiger partial charge on any atom is 0.264 e. The van der Waals surface area contributed by atoms with Gasteiger partial charge in [0.25, 0.3) is 15.9 Å². The Morgan fingerprint density at radius 2 is 1.65 bits per heavy atom. The molecule has 3 heterocycles. The number of rotatable bonds is 4. The van der Waals surface area contributed by atoms with Gasteiger partial charge in [-0.1, -0.05) is 57.9 Å². The van der Waals surface area contributed by atoms with Crippen LogP contribution in [0.2, 0.25) is 0 Å². The first-order chi connectivity index (χ1) is 22.7. The number of benzene rings is 2. The van der Waals surface area contributed by atoms with Crippen LogP contribution in [-0.4, -0.2) is 72.3 Å². The zero-order chi connectivity index (χ0) is 34.3. The number of aromatic nitrogens is 2. The molecular weight excluding hydrogens is 627 g/mol. The molecule has 1 aromatic heterocycles. The van der Waals surface area contributed by atoms with Crippen molar-refractivity contribution in [2.75, 3.05) is 31.0 Å². The van der Waals surface area contributed by atoms with E-state index in [1.54, 1.807) is 23.1 Å². The molecule has 6 rings (SSSR count). The Hall–Kier alpha value is -3.99. The van der Waals surface area contributed by atoms with Gasteiger partial charge in [0.1, 0.15) is 13.2 Å². The monoisotopic (exact) mass is 673 g/mol. The molecular formula is C37H47N5O5S. The molecule has 48 heavy (non-hydrogen) atoms. The maximum absolute atomic E-state index is 14.4. The van der Waals surface area contributed by atoms with Crippen molar-refractivity contribution in [2.24, 2.45) is 10.8 Å². The fraction of sp³-hybridized carbons (Fsp3) is 0.514. The minimum atomic E-state index is -4.19. The largest absolute Gasteiger partial charge is 0.475 e. The van der Waals surface area contributed by atoms with Gasteiger partial charge in [-0.25, -0.2) is 18.1 Å². The molecule has 4 bridgehead atoms. The molecule has 2 aromatic carbocycles. The van der Waals surface area contributed by atoms with E-state index in [4.69, 9.17) is 4.74 Å². The highest BCUT2D eigenvalue weighted by Gasteiger charge is 2.39. The van der Waals surface area contributed by atoms with Crippen LogP contribution < -0.4 is 9.46 Å². The summed E-state index contributed by atoms with van der Waals surface area (Å²) < 4.78 is 36.2. The lowest BCUT2D eigenvalue weighted by Gasteiger charge is -2.41. The molecule has 1 spiro atoms. The summed E-state index contributed by atoms with van der Waals surface area (Å²) in [6, 6.07) is 13.0. The van der Waals surface area contributed by atoms with E-state index >= 15 is 0 Å². The van der Waals surface area contributed by atoms with Crippen molar-refractivity contribution in [2.45, 2.75) is 90.5 Å². The second-order valence-electron chi connectivity index (χ2n) is 15.1. The van der Waals surface area contributed by atoms with Crippen molar-refractivity contribution in [3.8, 4) is 17.1 Å². The molecule has 1 atom stereocenters. The predicted octanol–water partition coefficient (Wildman–Crippen LogP) is 6.38. The van der Waals surface area contributed by atoms with E-state index in [-0.39, 0.29) is 46.8 Å². The Balaban J connectivity index is 1.40. The Morgan fingerprint density at radius 3 is 2.31 bits per heavy atom. The smallest absolute Gasteiger partial charge is 0.264 e. The fourth-order valence-electron chi connectivity index (χ4n) is 7.65. The Bertz CT molecular complexity index is 1780. The van der Waals surface area contributed by atoms with Crippen LogP contribution in [0.25, 0.3) is 11.3 Å². The summed E-state index contributed by atoms with van der Waals surface area (Å²) >= 11 is 0. The maximum atomic E-state index is 14.4. The van der Waals surface area contributed by atoms with Crippen molar-refractivity contribution in [1.29, 1.82) is 0 Å². The van der Waals surface area contributed by atoms with E-state index in [0.29, 0.717) is 30.6 Å². The normalized spacial score (nSPS) is 20.7. The number of anilines is 1. The van der Waals surface area contributed by atoms with Crippen LogP contribution >= 0.6 is 0 Å². The quantitative estimate of drug-likeness (QED) is 0.341. The number of ether oxygens (including phenoxy) is 1. The summed E-state index contributed by atoms with van der Waals surface area (Å²) in [5, 5.41) is 0. The third kappa shape index (κ3) is 7.36. The highest BCUT2D eigenvalue weighted by molar-refractivity contribution is 7.92. The van der Waals surface area contributed by atoms with Crippen LogP contribution in [0.3, 0.4) is 0 Å². The van der Waals surface area contributed by atoms with Crippen LogP contribution in [0.15, 0.2) is 53.4 Å². The number of hydrogen-bond donors (Lipinski definition) is 1. The van der Waals surface area contributed by atoms with E-state index in [0.717, 1.165) is 29.5 Å². The Kier molecular flexibility index (Phi) is 9.28. The number of likely N-dealkylation sites (tertiary alicyclic amines) is 1. The summed E-state index contributed by atoms with van der Waals surface area (Å²) in [7, 11) is -4.19. The Labute approximate surface area is 284 Å². The van der Waals surface area contributed by atoms with Gasteiger partial charge in [0.15, 0.2) is 0 Å². The Morgan fingerprint density at radius 1 is 0.979 bits per heavy atom. The number of aryl methyl sites for hydroxylation is 2. The average Bonchev–Trinajstić information content (AvgIpc) is 3.48. The molecule has 2 aliphatic heterocycles. The van der Waals surface area contributed by atoms with E-state index in [2.05, 4.69) is 35.5 Å². The first kappa shape index (κ1) is 33.9. The molecule has 2 fully saturated rings. The number of nitrogens with one attached hydrogen (secondary N) is 1. The zero-order valence-corrected chi connectivity index (χ0v) is 29.5. The van der Waals surface area contributed by atoms with Crippen LogP contribution in [0.4, 0.5) is 5.95 Å². The first-order valence-corrected chi connectivity index (χ1v) is 18.5. The second kappa shape index (κ2) is 13.1. The third-order valence-electron chi connectivity index (χ3n) is 10.2. The minimum Gasteiger partial charge on any atom is -0.475 e. The van der Waals surface area contributed by atoms with Gasteiger partial charge in [0.2, 0.25) is 17.7 Å². The van der Waals surface area contributed by atoms with E-state index in [1.807, 2.05) is 36.9 Å². The van der Waals surface area contributed by atoms with Crippen molar-refractivity contribution in [1.82, 2.24) is 19.8 Å². The molecule has 11 heteroatoms. The number of carbonyl (C=O) groups is 2. The summed E-state index contributed by atoms with van der Waals surface area (Å²) in [6.07, 6.45) is 7.50. The lowest BCUT2D eigenvalue weighted by atomic mass is 9.77. The lowest BCUT2D eigenvalue weighted by Crippen LogP contribution is -2.52. The number of sulfonamides is 1. The van der Waals surface area contributed by atoms with Crippen LogP contribution in [-0.2, 0) is 14.8 Å². The summed E-state index contributed by atoms with van der Waals surface area (Å²) in [5.74, 6) is -0.491. The highest BCUT2D eigenvalue weighted by Crippen LogP contribution is 2.46. The lowest BCUT2D eigenvalue weighted by molar-refractivity contribution is -0.135. The number of amides is 2. The summed E-state index contributed by atoms with van der Waals surface area (Å²) in [6.45, 7) is 11.5. The zero-order valence-electron chi connectivity index (χ0n) is 28.7. The van der Waals surface area contributed by atoms with Gasteiger partial charge in [0.05, 0.1) is 16.6 Å². The third-order valence-corrected chi connectivity index (χ3v) is 11.5. The predicted molar refractivity (Wildman–Crippen MR) is 185 cm³/mol. The van der Waals surface area contributed by atoms with Crippen LogP contribution in [0, 0.1) is 24.7 Å². The summed E-state index contributed by atoms with van der Waals surface area (Å²) in [4.78, 5) is 40.8. The van der Waals surface area contributed by atoms with Gasteiger partial charge < -0.3 is 14.5 Å². The van der Waals surface area contributed by atoms with Gasteiger partial charge >= 0.3 is 0 Å². The molecule has 10 nitrogen and oxygen atoms in total. The van der Waals surface area contributed by atoms with Gasteiger partial charge in [-0.3, -0.25) is 9.59 Å². The van der Waals surface area contributed by atoms with Gasteiger partial charge in [-0.2, -0.15) is 4.98 Å².